The van der Waals surface area contributed by atoms with Gasteiger partial charge in [-0.1, -0.05) is 23.2 Å². The second-order valence-electron chi connectivity index (χ2n) is 5.26. The van der Waals surface area contributed by atoms with Gasteiger partial charge in [-0.3, -0.25) is 4.99 Å². The van der Waals surface area contributed by atoms with E-state index in [4.69, 9.17) is 34.7 Å². The molecule has 5 N–H and O–H groups in total. The number of nitrogens with zero attached hydrogens (tertiary/aromatic N) is 1. The SMILES string of the molecule is N/C=C(\C=Nc1ccc(Cl)c(C(F)(F)F)c1)C(O)c1cc(Cl)ccc1N. The van der Waals surface area contributed by atoms with Gasteiger partial charge < -0.3 is 16.6 Å². The Morgan fingerprint density at radius 3 is 2.46 bits per heavy atom. The first-order valence-electron chi connectivity index (χ1n) is 7.19. The van der Waals surface area contributed by atoms with Crippen LogP contribution in [-0.4, -0.2) is 11.3 Å². The summed E-state index contributed by atoms with van der Waals surface area (Å²) in [7, 11) is 0. The molecule has 4 nitrogen and oxygen atoms in total. The van der Waals surface area contributed by atoms with Crippen LogP contribution in [0.4, 0.5) is 24.5 Å². The van der Waals surface area contributed by atoms with Crippen molar-refractivity contribution >= 4 is 40.8 Å². The molecule has 2 rings (SSSR count). The Morgan fingerprint density at radius 2 is 1.85 bits per heavy atom. The van der Waals surface area contributed by atoms with Crippen molar-refractivity contribution in [3.05, 3.63) is 69.3 Å². The monoisotopic (exact) mass is 403 g/mol. The molecule has 2 aromatic carbocycles. The molecular weight excluding hydrogens is 390 g/mol. The number of hydrogen-bond acceptors (Lipinski definition) is 4. The van der Waals surface area contributed by atoms with Crippen molar-refractivity contribution in [3.8, 4) is 0 Å². The lowest BCUT2D eigenvalue weighted by molar-refractivity contribution is -0.137. The molecule has 1 unspecified atom stereocenters. The summed E-state index contributed by atoms with van der Waals surface area (Å²) in [6, 6.07) is 7.73. The van der Waals surface area contributed by atoms with E-state index >= 15 is 0 Å². The lowest BCUT2D eigenvalue weighted by atomic mass is 10.0. The van der Waals surface area contributed by atoms with Crippen LogP contribution in [0.5, 0.6) is 0 Å². The van der Waals surface area contributed by atoms with Crippen LogP contribution in [0.25, 0.3) is 0 Å². The number of halogens is 5. The number of nitrogens with two attached hydrogens (primary N) is 2. The Morgan fingerprint density at radius 1 is 1.15 bits per heavy atom. The molecule has 0 aliphatic rings. The molecule has 0 saturated carbocycles. The van der Waals surface area contributed by atoms with Crippen molar-refractivity contribution in [2.75, 3.05) is 5.73 Å². The molecule has 0 heterocycles. The predicted octanol–water partition coefficient (Wildman–Crippen LogP) is 4.87. The maximum Gasteiger partial charge on any atom is 0.417 e. The van der Waals surface area contributed by atoms with Gasteiger partial charge in [0.1, 0.15) is 6.10 Å². The highest BCUT2D eigenvalue weighted by Gasteiger charge is 2.33. The Balaban J connectivity index is 2.32. The van der Waals surface area contributed by atoms with Crippen LogP contribution in [0.1, 0.15) is 17.2 Å². The number of aliphatic hydroxyl groups is 1. The third-order valence-corrected chi connectivity index (χ3v) is 4.03. The fourth-order valence-electron chi connectivity index (χ4n) is 2.13. The maximum atomic E-state index is 12.9. The molecule has 0 radical (unpaired) electrons. The van der Waals surface area contributed by atoms with Crippen LogP contribution in [0.2, 0.25) is 10.0 Å². The number of nitrogen functional groups attached to an aromatic ring is 1. The maximum absolute atomic E-state index is 12.9. The van der Waals surface area contributed by atoms with E-state index in [1.807, 2.05) is 0 Å². The van der Waals surface area contributed by atoms with Crippen LogP contribution in [-0.2, 0) is 6.18 Å². The van der Waals surface area contributed by atoms with Gasteiger partial charge in [-0.05, 0) is 36.4 Å². The van der Waals surface area contributed by atoms with Crippen molar-refractivity contribution in [2.24, 2.45) is 10.7 Å². The summed E-state index contributed by atoms with van der Waals surface area (Å²) < 4.78 is 38.7. The summed E-state index contributed by atoms with van der Waals surface area (Å²) in [5, 5.41) is 10.3. The third-order valence-electron chi connectivity index (χ3n) is 3.47. The van der Waals surface area contributed by atoms with E-state index in [0.717, 1.165) is 24.5 Å². The summed E-state index contributed by atoms with van der Waals surface area (Å²) in [6.07, 6.45) is -3.63. The van der Waals surface area contributed by atoms with E-state index in [-0.39, 0.29) is 16.9 Å². The molecule has 0 spiro atoms. The van der Waals surface area contributed by atoms with Crippen molar-refractivity contribution in [1.29, 1.82) is 0 Å². The highest BCUT2D eigenvalue weighted by Crippen LogP contribution is 2.37. The third kappa shape index (κ3) is 4.69. The van der Waals surface area contributed by atoms with E-state index in [2.05, 4.69) is 4.99 Å². The summed E-state index contributed by atoms with van der Waals surface area (Å²) in [6.45, 7) is 0. The topological polar surface area (TPSA) is 84.6 Å². The molecule has 2 aromatic rings. The number of anilines is 1. The second-order valence-corrected chi connectivity index (χ2v) is 6.11. The zero-order chi connectivity index (χ0) is 19.5. The van der Waals surface area contributed by atoms with Crippen molar-refractivity contribution in [1.82, 2.24) is 0 Å². The van der Waals surface area contributed by atoms with Crippen molar-refractivity contribution < 1.29 is 18.3 Å². The molecule has 9 heteroatoms. The number of rotatable bonds is 4. The standard InChI is InChI=1S/C17H14Cl2F3N3O/c18-10-1-4-15(24)12(5-10)16(26)9(7-23)8-25-11-2-3-14(19)13(6-11)17(20,21)22/h1-8,16,26H,23-24H2/b9-7+,25-8?. The second kappa shape index (κ2) is 7.99. The molecule has 1 atom stereocenters. The number of aliphatic hydroxyl groups excluding tert-OH is 1. The smallest absolute Gasteiger partial charge is 0.404 e. The van der Waals surface area contributed by atoms with Crippen LogP contribution in [0, 0.1) is 0 Å². The Labute approximate surface area is 157 Å². The Bertz CT molecular complexity index is 867. The minimum Gasteiger partial charge on any atom is -0.404 e. The van der Waals surface area contributed by atoms with Crippen LogP contribution in [0.15, 0.2) is 53.2 Å². The Kier molecular flexibility index (Phi) is 6.17. The van der Waals surface area contributed by atoms with Gasteiger partial charge in [-0.25, -0.2) is 0 Å². The van der Waals surface area contributed by atoms with E-state index in [1.165, 1.54) is 18.2 Å². The summed E-state index contributed by atoms with van der Waals surface area (Å²) in [5.74, 6) is 0. The first-order chi connectivity index (χ1) is 12.1. The first kappa shape index (κ1) is 20.1. The number of benzene rings is 2. The van der Waals surface area contributed by atoms with Gasteiger partial charge in [-0.15, -0.1) is 0 Å². The van der Waals surface area contributed by atoms with Crippen molar-refractivity contribution in [3.63, 3.8) is 0 Å². The molecule has 138 valence electrons. The number of aliphatic imine (C=N–C) groups is 1. The zero-order valence-corrected chi connectivity index (χ0v) is 14.6. The lowest BCUT2D eigenvalue weighted by Crippen LogP contribution is -2.08. The van der Waals surface area contributed by atoms with Gasteiger partial charge in [0.2, 0.25) is 0 Å². The lowest BCUT2D eigenvalue weighted by Gasteiger charge is -2.14. The fourth-order valence-corrected chi connectivity index (χ4v) is 2.53. The van der Waals surface area contributed by atoms with E-state index in [9.17, 15) is 18.3 Å². The number of hydrogen-bond donors (Lipinski definition) is 3. The largest absolute Gasteiger partial charge is 0.417 e. The summed E-state index contributed by atoms with van der Waals surface area (Å²) >= 11 is 11.5. The van der Waals surface area contributed by atoms with E-state index < -0.39 is 22.9 Å². The Hall–Kier alpha value is -2.22. The zero-order valence-electron chi connectivity index (χ0n) is 13.1. The van der Waals surface area contributed by atoms with Crippen molar-refractivity contribution in [2.45, 2.75) is 12.3 Å². The highest BCUT2D eigenvalue weighted by molar-refractivity contribution is 6.31. The quantitative estimate of drug-likeness (QED) is 0.502. The molecule has 26 heavy (non-hydrogen) atoms. The molecule has 0 aliphatic carbocycles. The molecule has 0 bridgehead atoms. The van der Waals surface area contributed by atoms with E-state index in [0.29, 0.717) is 10.6 Å². The first-order valence-corrected chi connectivity index (χ1v) is 7.94. The van der Waals surface area contributed by atoms with Gasteiger partial charge in [-0.2, -0.15) is 13.2 Å². The fraction of sp³-hybridized carbons (Fsp3) is 0.118. The molecular formula is C17H14Cl2F3N3O. The molecule has 0 saturated heterocycles. The van der Waals surface area contributed by atoms with Crippen LogP contribution >= 0.6 is 23.2 Å². The molecule has 0 aliphatic heterocycles. The van der Waals surface area contributed by atoms with Gasteiger partial charge in [0.05, 0.1) is 16.3 Å². The minimum atomic E-state index is -4.61. The summed E-state index contributed by atoms with van der Waals surface area (Å²) in [5.41, 5.74) is 11.0. The van der Waals surface area contributed by atoms with E-state index in [1.54, 1.807) is 6.07 Å². The normalized spacial score (nSPS) is 14.0. The number of alkyl halides is 3. The molecule has 0 amide bonds. The van der Waals surface area contributed by atoms with Gasteiger partial charge in [0.15, 0.2) is 0 Å². The van der Waals surface area contributed by atoms with Crippen LogP contribution in [0.3, 0.4) is 0 Å². The predicted molar refractivity (Wildman–Crippen MR) is 97.7 cm³/mol. The summed E-state index contributed by atoms with van der Waals surface area (Å²) in [4.78, 5) is 3.93. The molecule has 0 aromatic heterocycles. The highest BCUT2D eigenvalue weighted by atomic mass is 35.5. The van der Waals surface area contributed by atoms with Gasteiger partial charge >= 0.3 is 6.18 Å². The average Bonchev–Trinajstić information content (AvgIpc) is 2.57. The van der Waals surface area contributed by atoms with Gasteiger partial charge in [0.25, 0.3) is 0 Å². The molecule has 0 fully saturated rings. The average molecular weight is 404 g/mol. The minimum absolute atomic E-state index is 0.00709. The van der Waals surface area contributed by atoms with Gasteiger partial charge in [0, 0.05) is 34.3 Å². The van der Waals surface area contributed by atoms with Crippen LogP contribution < -0.4 is 11.5 Å².